The maximum Gasteiger partial charge on any atom is 0.252 e. The van der Waals surface area contributed by atoms with Gasteiger partial charge in [-0.1, -0.05) is 0 Å². The number of hydrogen-bond acceptors (Lipinski definition) is 4. The molecule has 5 nitrogen and oxygen atoms in total. The minimum absolute atomic E-state index is 0.0656. The summed E-state index contributed by atoms with van der Waals surface area (Å²) >= 11 is 0. The molecule has 1 aromatic rings. The molecule has 2 aliphatic heterocycles. The number of rotatable bonds is 3. The first-order valence-electron chi connectivity index (χ1n) is 7.33. The quantitative estimate of drug-likeness (QED) is 0.885. The Morgan fingerprint density at radius 3 is 2.63 bits per heavy atom. The van der Waals surface area contributed by atoms with E-state index in [9.17, 15) is 4.79 Å². The van der Waals surface area contributed by atoms with Crippen LogP contribution in [0.4, 0.5) is 5.82 Å². The smallest absolute Gasteiger partial charge is 0.252 e. The van der Waals surface area contributed by atoms with Crippen LogP contribution < -0.4 is 10.5 Å². The van der Waals surface area contributed by atoms with Gasteiger partial charge >= 0.3 is 0 Å². The monoisotopic (exact) mass is 262 g/mol. The van der Waals surface area contributed by atoms with Crippen molar-refractivity contribution < 1.29 is 0 Å². The van der Waals surface area contributed by atoms with E-state index in [0.717, 1.165) is 24.8 Å². The molecule has 0 radical (unpaired) electrons. The van der Waals surface area contributed by atoms with Gasteiger partial charge in [-0.25, -0.2) is 4.98 Å². The van der Waals surface area contributed by atoms with E-state index in [1.54, 1.807) is 6.07 Å². The van der Waals surface area contributed by atoms with Crippen LogP contribution >= 0.6 is 0 Å². The third-order valence-corrected chi connectivity index (χ3v) is 4.32. The third kappa shape index (κ3) is 3.15. The molecule has 1 aromatic heterocycles. The highest BCUT2D eigenvalue weighted by Crippen LogP contribution is 2.22. The first-order chi connectivity index (χ1) is 9.31. The lowest BCUT2D eigenvalue weighted by Gasteiger charge is -2.34. The predicted octanol–water partition coefficient (Wildman–Crippen LogP) is 1.08. The second kappa shape index (κ2) is 5.74. The molecule has 19 heavy (non-hydrogen) atoms. The Kier molecular flexibility index (Phi) is 3.82. The Hall–Kier alpha value is -1.36. The lowest BCUT2D eigenvalue weighted by molar-refractivity contribution is 0.249. The van der Waals surface area contributed by atoms with E-state index in [1.165, 1.54) is 51.6 Å². The molecule has 0 saturated carbocycles. The van der Waals surface area contributed by atoms with Gasteiger partial charge in [0.1, 0.15) is 5.82 Å². The van der Waals surface area contributed by atoms with Crippen LogP contribution in [0, 0.1) is 5.92 Å². The van der Waals surface area contributed by atoms with Crippen LogP contribution in [-0.4, -0.2) is 47.6 Å². The summed E-state index contributed by atoms with van der Waals surface area (Å²) in [6.45, 7) is 5.88. The summed E-state index contributed by atoms with van der Waals surface area (Å²) in [5, 5.41) is 0. The molecule has 1 N–H and O–H groups in total. The van der Waals surface area contributed by atoms with Crippen LogP contribution in [-0.2, 0) is 0 Å². The summed E-state index contributed by atoms with van der Waals surface area (Å²) in [5.41, 5.74) is -0.0656. The van der Waals surface area contributed by atoms with E-state index < -0.39 is 0 Å². The van der Waals surface area contributed by atoms with E-state index in [2.05, 4.69) is 19.8 Å². The van der Waals surface area contributed by atoms with Gasteiger partial charge in [0.2, 0.25) is 0 Å². The fourth-order valence-electron chi connectivity index (χ4n) is 3.21. The van der Waals surface area contributed by atoms with Gasteiger partial charge in [-0.2, -0.15) is 0 Å². The molecule has 2 fully saturated rings. The molecule has 0 atom stereocenters. The molecular weight excluding hydrogens is 240 g/mol. The first kappa shape index (κ1) is 12.7. The van der Waals surface area contributed by atoms with Gasteiger partial charge < -0.3 is 14.8 Å². The van der Waals surface area contributed by atoms with Gasteiger partial charge in [0.05, 0.1) is 6.33 Å². The van der Waals surface area contributed by atoms with Crippen molar-refractivity contribution >= 4 is 5.82 Å². The number of likely N-dealkylation sites (tertiary alicyclic amines) is 1. The number of aromatic nitrogens is 2. The molecule has 0 aromatic carbocycles. The molecule has 2 saturated heterocycles. The van der Waals surface area contributed by atoms with Crippen LogP contribution in [0.3, 0.4) is 0 Å². The number of anilines is 1. The topological polar surface area (TPSA) is 52.2 Å². The molecule has 3 rings (SSSR count). The van der Waals surface area contributed by atoms with Crippen molar-refractivity contribution in [2.75, 3.05) is 37.6 Å². The van der Waals surface area contributed by atoms with E-state index >= 15 is 0 Å². The highest BCUT2D eigenvalue weighted by Gasteiger charge is 2.23. The zero-order chi connectivity index (χ0) is 13.1. The Balaban J connectivity index is 1.52. The van der Waals surface area contributed by atoms with E-state index in [4.69, 9.17) is 0 Å². The molecule has 0 spiro atoms. The third-order valence-electron chi connectivity index (χ3n) is 4.32. The maximum absolute atomic E-state index is 11.3. The van der Waals surface area contributed by atoms with Gasteiger partial charge in [0.25, 0.3) is 5.56 Å². The van der Waals surface area contributed by atoms with E-state index in [0.29, 0.717) is 0 Å². The van der Waals surface area contributed by atoms with Gasteiger partial charge in [-0.05, 0) is 44.7 Å². The number of nitrogens with zero attached hydrogens (tertiary/aromatic N) is 3. The molecule has 0 amide bonds. The van der Waals surface area contributed by atoms with Crippen LogP contribution in [0.2, 0.25) is 0 Å². The second-order valence-corrected chi connectivity index (χ2v) is 5.71. The Bertz CT molecular complexity index is 459. The van der Waals surface area contributed by atoms with E-state index in [1.807, 2.05) is 0 Å². The van der Waals surface area contributed by atoms with Gasteiger partial charge in [-0.15, -0.1) is 0 Å². The predicted molar refractivity (Wildman–Crippen MR) is 75.5 cm³/mol. The van der Waals surface area contributed by atoms with Crippen LogP contribution in [0.5, 0.6) is 0 Å². The van der Waals surface area contributed by atoms with Gasteiger partial charge in [0.15, 0.2) is 0 Å². The van der Waals surface area contributed by atoms with Gasteiger partial charge in [0, 0.05) is 25.7 Å². The SMILES string of the molecule is O=c1cc(N2CCC(CN3CCCC3)CC2)nc[nH]1. The summed E-state index contributed by atoms with van der Waals surface area (Å²) in [5.74, 6) is 1.64. The van der Waals surface area contributed by atoms with Crippen molar-refractivity contribution in [2.24, 2.45) is 5.92 Å². The van der Waals surface area contributed by atoms with Crippen molar-refractivity contribution in [1.82, 2.24) is 14.9 Å². The lowest BCUT2D eigenvalue weighted by atomic mass is 9.96. The minimum atomic E-state index is -0.0656. The minimum Gasteiger partial charge on any atom is -0.356 e. The Morgan fingerprint density at radius 1 is 1.21 bits per heavy atom. The molecular formula is C14H22N4O. The number of aromatic amines is 1. The summed E-state index contributed by atoms with van der Waals surface area (Å²) in [4.78, 5) is 23.0. The van der Waals surface area contributed by atoms with E-state index in [-0.39, 0.29) is 5.56 Å². The van der Waals surface area contributed by atoms with Crippen molar-refractivity contribution in [1.29, 1.82) is 0 Å². The standard InChI is InChI=1S/C14H22N4O/c19-14-9-13(15-11-16-14)18-7-3-12(4-8-18)10-17-5-1-2-6-17/h9,11-12H,1-8,10H2,(H,15,16,19). The van der Waals surface area contributed by atoms with Crippen molar-refractivity contribution in [3.63, 3.8) is 0 Å². The van der Waals surface area contributed by atoms with Crippen LogP contribution in [0.15, 0.2) is 17.2 Å². The number of nitrogens with one attached hydrogen (secondary N) is 1. The number of H-pyrrole nitrogens is 1. The lowest BCUT2D eigenvalue weighted by Crippen LogP contribution is -2.38. The molecule has 0 aliphatic carbocycles. The summed E-state index contributed by atoms with van der Waals surface area (Å²) in [6, 6.07) is 1.60. The highest BCUT2D eigenvalue weighted by molar-refractivity contribution is 5.36. The molecule has 5 heteroatoms. The normalized spacial score (nSPS) is 22.0. The fraction of sp³-hybridized carbons (Fsp3) is 0.714. The summed E-state index contributed by atoms with van der Waals surface area (Å²) in [6.07, 6.45) is 6.66. The summed E-state index contributed by atoms with van der Waals surface area (Å²) < 4.78 is 0. The largest absolute Gasteiger partial charge is 0.356 e. The van der Waals surface area contributed by atoms with Crippen molar-refractivity contribution in [2.45, 2.75) is 25.7 Å². The average Bonchev–Trinajstić information content (AvgIpc) is 2.92. The average molecular weight is 262 g/mol. The Labute approximate surface area is 113 Å². The molecule has 0 unspecified atom stereocenters. The highest BCUT2D eigenvalue weighted by atomic mass is 16.1. The van der Waals surface area contributed by atoms with Crippen molar-refractivity contribution in [3.05, 3.63) is 22.7 Å². The maximum atomic E-state index is 11.3. The zero-order valence-corrected chi connectivity index (χ0v) is 11.3. The molecule has 3 heterocycles. The van der Waals surface area contributed by atoms with Gasteiger partial charge in [-0.3, -0.25) is 4.79 Å². The Morgan fingerprint density at radius 2 is 1.95 bits per heavy atom. The molecule has 104 valence electrons. The molecule has 0 bridgehead atoms. The molecule has 2 aliphatic rings. The van der Waals surface area contributed by atoms with Crippen LogP contribution in [0.1, 0.15) is 25.7 Å². The first-order valence-corrected chi connectivity index (χ1v) is 7.33. The summed E-state index contributed by atoms with van der Waals surface area (Å²) in [7, 11) is 0. The second-order valence-electron chi connectivity index (χ2n) is 5.71. The number of hydrogen-bond donors (Lipinski definition) is 1. The van der Waals surface area contributed by atoms with Crippen molar-refractivity contribution in [3.8, 4) is 0 Å². The zero-order valence-electron chi connectivity index (χ0n) is 11.3. The fourth-order valence-corrected chi connectivity index (χ4v) is 3.21. The van der Waals surface area contributed by atoms with Crippen LogP contribution in [0.25, 0.3) is 0 Å². The number of piperidine rings is 1.